The highest BCUT2D eigenvalue weighted by Gasteiger charge is 1.72. The van der Waals surface area contributed by atoms with E-state index in [1.54, 1.807) is 7.05 Å². The van der Waals surface area contributed by atoms with Crippen LogP contribution >= 0.6 is 0 Å². The Morgan fingerprint density at radius 1 is 1.57 bits per heavy atom. The second-order valence-corrected chi connectivity index (χ2v) is 1.23. The quantitative estimate of drug-likeness (QED) is 0.448. The van der Waals surface area contributed by atoms with E-state index >= 15 is 0 Å². The second kappa shape index (κ2) is 3.53. The summed E-state index contributed by atoms with van der Waals surface area (Å²) >= 11 is 0. The maximum Gasteiger partial charge on any atom is 0.0552 e. The van der Waals surface area contributed by atoms with E-state index in [1.807, 2.05) is 19.9 Å². The van der Waals surface area contributed by atoms with Gasteiger partial charge in [0.1, 0.15) is 0 Å². The van der Waals surface area contributed by atoms with Gasteiger partial charge in [-0.05, 0) is 13.8 Å². The molecule has 0 N–H and O–H groups in total. The summed E-state index contributed by atoms with van der Waals surface area (Å²) in [6.45, 7) is 3.84. The van der Waals surface area contributed by atoms with Gasteiger partial charge in [-0.25, -0.2) is 0 Å². The zero-order chi connectivity index (χ0) is 5.70. The number of hydrogen-bond donors (Lipinski definition) is 0. The van der Waals surface area contributed by atoms with Crippen molar-refractivity contribution in [1.82, 2.24) is 0 Å². The van der Waals surface area contributed by atoms with Crippen LogP contribution in [-0.2, 0) is 0 Å². The zero-order valence-corrected chi connectivity index (χ0v) is 4.97. The van der Waals surface area contributed by atoms with E-state index in [9.17, 15) is 0 Å². The Hall–Kier alpha value is -0.660. The van der Waals surface area contributed by atoms with Gasteiger partial charge in [-0.1, -0.05) is 6.08 Å². The van der Waals surface area contributed by atoms with Crippen molar-refractivity contribution in [3.05, 3.63) is 11.8 Å². The fourth-order valence-electron chi connectivity index (χ4n) is 0.215. The minimum absolute atomic E-state index is 0.961. The van der Waals surface area contributed by atoms with Crippen LogP contribution < -0.4 is 0 Å². The molecule has 0 aromatic heterocycles. The van der Waals surface area contributed by atoms with E-state index in [1.165, 1.54) is 0 Å². The summed E-state index contributed by atoms with van der Waals surface area (Å²) in [5.74, 6) is 0. The van der Waals surface area contributed by atoms with Crippen LogP contribution in [0.2, 0.25) is 0 Å². The molecule has 0 amide bonds. The fourth-order valence-corrected chi connectivity index (χ4v) is 0.215. The largest absolute Gasteiger partial charge is 0.192 e. The van der Waals surface area contributed by atoms with Gasteiger partial charge in [-0.2, -0.15) is 10.2 Å². The van der Waals surface area contributed by atoms with Gasteiger partial charge in [0, 0.05) is 7.05 Å². The summed E-state index contributed by atoms with van der Waals surface area (Å²) in [4.78, 5) is 0. The molecule has 2 heteroatoms. The fraction of sp³-hybridized carbons (Fsp3) is 0.600. The van der Waals surface area contributed by atoms with Crippen molar-refractivity contribution in [2.45, 2.75) is 13.8 Å². The van der Waals surface area contributed by atoms with E-state index in [2.05, 4.69) is 10.2 Å². The average molecular weight is 98.1 g/mol. The van der Waals surface area contributed by atoms with Gasteiger partial charge in [0.25, 0.3) is 0 Å². The average Bonchev–Trinajstić information content (AvgIpc) is 1.68. The lowest BCUT2D eigenvalue weighted by Crippen LogP contribution is -1.60. The van der Waals surface area contributed by atoms with Gasteiger partial charge in [0.15, 0.2) is 0 Å². The number of azo groups is 1. The lowest BCUT2D eigenvalue weighted by Gasteiger charge is -1.80. The Morgan fingerprint density at radius 2 is 2.14 bits per heavy atom. The predicted molar refractivity (Wildman–Crippen MR) is 30.2 cm³/mol. The molecule has 0 heterocycles. The highest BCUT2D eigenvalue weighted by molar-refractivity contribution is 4.90. The smallest absolute Gasteiger partial charge is 0.0552 e. The SMILES string of the molecule is C/C=C(/C)N=NC. The maximum atomic E-state index is 3.73. The molecule has 0 spiro atoms. The van der Waals surface area contributed by atoms with Crippen LogP contribution in [0.4, 0.5) is 0 Å². The van der Waals surface area contributed by atoms with Crippen LogP contribution in [0.25, 0.3) is 0 Å². The molecule has 0 fully saturated rings. The highest BCUT2D eigenvalue weighted by Crippen LogP contribution is 1.91. The molecule has 0 saturated carbocycles. The lowest BCUT2D eigenvalue weighted by molar-refractivity contribution is 1.08. The van der Waals surface area contributed by atoms with Gasteiger partial charge in [0.05, 0.1) is 5.70 Å². The molecular formula is C5H10N2. The van der Waals surface area contributed by atoms with Crippen molar-refractivity contribution in [2.24, 2.45) is 10.2 Å². The summed E-state index contributed by atoms with van der Waals surface area (Å²) in [5.41, 5.74) is 0.961. The topological polar surface area (TPSA) is 24.7 Å². The summed E-state index contributed by atoms with van der Waals surface area (Å²) < 4.78 is 0. The summed E-state index contributed by atoms with van der Waals surface area (Å²) in [7, 11) is 1.66. The summed E-state index contributed by atoms with van der Waals surface area (Å²) in [6, 6.07) is 0. The molecule has 0 aromatic rings. The third-order valence-corrected chi connectivity index (χ3v) is 0.676. The van der Waals surface area contributed by atoms with Gasteiger partial charge in [-0.15, -0.1) is 0 Å². The van der Waals surface area contributed by atoms with Crippen LogP contribution in [0.3, 0.4) is 0 Å². The first kappa shape index (κ1) is 6.34. The second-order valence-electron chi connectivity index (χ2n) is 1.23. The molecule has 0 radical (unpaired) electrons. The molecule has 0 unspecified atom stereocenters. The molecule has 0 bridgehead atoms. The summed E-state index contributed by atoms with van der Waals surface area (Å²) in [6.07, 6.45) is 1.91. The third kappa shape index (κ3) is 3.16. The molecule has 40 valence electrons. The number of hydrogen-bond acceptors (Lipinski definition) is 2. The molecule has 0 aliphatic rings. The predicted octanol–water partition coefficient (Wildman–Crippen LogP) is 1.99. The monoisotopic (exact) mass is 98.1 g/mol. The standard InChI is InChI=1S/C5H10N2/c1-4-5(2)7-6-3/h4H,1-3H3/b5-4-,7-6?. The molecule has 2 nitrogen and oxygen atoms in total. The van der Waals surface area contributed by atoms with E-state index in [4.69, 9.17) is 0 Å². The molecular weight excluding hydrogens is 88.1 g/mol. The van der Waals surface area contributed by atoms with Gasteiger partial charge in [0.2, 0.25) is 0 Å². The van der Waals surface area contributed by atoms with Crippen LogP contribution in [0, 0.1) is 0 Å². The van der Waals surface area contributed by atoms with Gasteiger partial charge >= 0.3 is 0 Å². The summed E-state index contributed by atoms with van der Waals surface area (Å²) in [5, 5.41) is 7.29. The van der Waals surface area contributed by atoms with Gasteiger partial charge < -0.3 is 0 Å². The number of allylic oxidation sites excluding steroid dienone is 2. The molecule has 0 saturated heterocycles. The molecule has 7 heavy (non-hydrogen) atoms. The van der Waals surface area contributed by atoms with E-state index in [0.29, 0.717) is 0 Å². The first-order valence-corrected chi connectivity index (χ1v) is 2.24. The van der Waals surface area contributed by atoms with E-state index in [-0.39, 0.29) is 0 Å². The minimum Gasteiger partial charge on any atom is -0.192 e. The van der Waals surface area contributed by atoms with Crippen molar-refractivity contribution >= 4 is 0 Å². The normalized spacial score (nSPS) is 13.3. The highest BCUT2D eigenvalue weighted by atomic mass is 15.1. The van der Waals surface area contributed by atoms with Crippen LogP contribution in [-0.4, -0.2) is 7.05 Å². The van der Waals surface area contributed by atoms with Crippen LogP contribution in [0.15, 0.2) is 22.0 Å². The first-order chi connectivity index (χ1) is 3.31. The zero-order valence-electron chi connectivity index (χ0n) is 4.97. The molecule has 0 aliphatic heterocycles. The Labute approximate surface area is 44.0 Å². The van der Waals surface area contributed by atoms with E-state index < -0.39 is 0 Å². The number of rotatable bonds is 1. The molecule has 0 rings (SSSR count). The first-order valence-electron chi connectivity index (χ1n) is 2.24. The van der Waals surface area contributed by atoms with Crippen molar-refractivity contribution < 1.29 is 0 Å². The van der Waals surface area contributed by atoms with Crippen molar-refractivity contribution in [2.75, 3.05) is 7.05 Å². The lowest BCUT2D eigenvalue weighted by atomic mass is 10.5. The van der Waals surface area contributed by atoms with Crippen LogP contribution in [0.5, 0.6) is 0 Å². The third-order valence-electron chi connectivity index (χ3n) is 0.676. The Bertz CT molecular complexity index is 92.3. The Kier molecular flexibility index (Phi) is 3.19. The number of nitrogens with zero attached hydrogens (tertiary/aromatic N) is 2. The van der Waals surface area contributed by atoms with E-state index in [0.717, 1.165) is 5.70 Å². The van der Waals surface area contributed by atoms with Crippen molar-refractivity contribution in [1.29, 1.82) is 0 Å². The molecule has 0 aromatic carbocycles. The Balaban J connectivity index is 3.58. The minimum atomic E-state index is 0.961. The molecule has 0 atom stereocenters. The van der Waals surface area contributed by atoms with Crippen LogP contribution in [0.1, 0.15) is 13.8 Å². The van der Waals surface area contributed by atoms with Crippen molar-refractivity contribution in [3.8, 4) is 0 Å². The van der Waals surface area contributed by atoms with Crippen molar-refractivity contribution in [3.63, 3.8) is 0 Å². The maximum absolute atomic E-state index is 3.73. The molecule has 0 aliphatic carbocycles. The Morgan fingerprint density at radius 3 is 2.29 bits per heavy atom. The van der Waals surface area contributed by atoms with Gasteiger partial charge in [-0.3, -0.25) is 0 Å².